The third kappa shape index (κ3) is 8.35. The highest BCUT2D eigenvalue weighted by Crippen LogP contribution is 2.46. The van der Waals surface area contributed by atoms with E-state index in [0.717, 1.165) is 30.3 Å². The van der Waals surface area contributed by atoms with Gasteiger partial charge in [0.25, 0.3) is 0 Å². The van der Waals surface area contributed by atoms with E-state index >= 15 is 0 Å². The van der Waals surface area contributed by atoms with Crippen LogP contribution in [0, 0.1) is 23.7 Å². The molecule has 0 N–H and O–H groups in total. The molecule has 0 unspecified atom stereocenters. The van der Waals surface area contributed by atoms with E-state index in [9.17, 15) is 0 Å². The van der Waals surface area contributed by atoms with Crippen LogP contribution < -0.4 is 0 Å². The number of unbranched alkanes of at least 4 members (excludes halogenated alkanes) is 4. The van der Waals surface area contributed by atoms with Crippen molar-refractivity contribution in [2.75, 3.05) is 6.61 Å². The average molecular weight is 433 g/mol. The molecule has 31 heavy (non-hydrogen) atoms. The summed E-state index contributed by atoms with van der Waals surface area (Å²) in [5.74, 6) is 4.03. The zero-order chi connectivity index (χ0) is 21.8. The summed E-state index contributed by atoms with van der Waals surface area (Å²) in [6.45, 7) is 5.58. The van der Waals surface area contributed by atoms with Gasteiger partial charge in [0.2, 0.25) is 0 Å². The van der Waals surface area contributed by atoms with Crippen molar-refractivity contribution in [2.24, 2.45) is 23.7 Å². The van der Waals surface area contributed by atoms with E-state index < -0.39 is 0 Å². The molecule has 0 atom stereocenters. The van der Waals surface area contributed by atoms with Crippen molar-refractivity contribution in [3.8, 4) is 0 Å². The molecule has 0 spiro atoms. The predicted molar refractivity (Wildman–Crippen MR) is 136 cm³/mol. The SMILES string of the molecule is CCCCCCC[C@H]1CC[C@H](CC[C@H]2CC[C@H](C3(OCCC)CCCCC3)CC2)CC1. The Morgan fingerprint density at radius 1 is 0.581 bits per heavy atom. The van der Waals surface area contributed by atoms with Crippen LogP contribution in [-0.2, 0) is 4.74 Å². The molecule has 0 aromatic rings. The van der Waals surface area contributed by atoms with Gasteiger partial charge in [-0.3, -0.25) is 0 Å². The average Bonchev–Trinajstić information content (AvgIpc) is 2.83. The van der Waals surface area contributed by atoms with Gasteiger partial charge in [0, 0.05) is 6.61 Å². The van der Waals surface area contributed by atoms with Gasteiger partial charge in [-0.05, 0) is 55.8 Å². The highest BCUT2D eigenvalue weighted by Gasteiger charge is 2.42. The summed E-state index contributed by atoms with van der Waals surface area (Å²) >= 11 is 0. The zero-order valence-electron chi connectivity index (χ0n) is 21.5. The topological polar surface area (TPSA) is 9.23 Å². The van der Waals surface area contributed by atoms with Crippen LogP contribution >= 0.6 is 0 Å². The molecule has 3 aliphatic carbocycles. The maximum absolute atomic E-state index is 6.61. The summed E-state index contributed by atoms with van der Waals surface area (Å²) in [5, 5.41) is 0. The molecule has 0 aromatic carbocycles. The number of hydrogen-bond donors (Lipinski definition) is 0. The van der Waals surface area contributed by atoms with E-state index in [1.54, 1.807) is 25.7 Å². The fraction of sp³-hybridized carbons (Fsp3) is 1.00. The van der Waals surface area contributed by atoms with Gasteiger partial charge in [-0.25, -0.2) is 0 Å². The molecule has 0 amide bonds. The maximum Gasteiger partial charge on any atom is 0.0710 e. The minimum Gasteiger partial charge on any atom is -0.375 e. The minimum absolute atomic E-state index is 0.272. The molecule has 3 rings (SSSR count). The van der Waals surface area contributed by atoms with Crippen molar-refractivity contribution in [2.45, 2.75) is 161 Å². The molecular formula is C30H56O. The first-order valence-electron chi connectivity index (χ1n) is 14.9. The van der Waals surface area contributed by atoms with Gasteiger partial charge in [-0.15, -0.1) is 0 Å². The molecule has 0 saturated heterocycles. The summed E-state index contributed by atoms with van der Waals surface area (Å²) in [4.78, 5) is 0. The van der Waals surface area contributed by atoms with Crippen LogP contribution in [0.2, 0.25) is 0 Å². The number of ether oxygens (including phenoxy) is 1. The van der Waals surface area contributed by atoms with E-state index in [4.69, 9.17) is 4.74 Å². The van der Waals surface area contributed by atoms with Crippen LogP contribution in [0.25, 0.3) is 0 Å². The molecule has 0 heterocycles. The Balaban J connectivity index is 1.29. The Morgan fingerprint density at radius 2 is 1.13 bits per heavy atom. The largest absolute Gasteiger partial charge is 0.375 e. The Kier molecular flexibility index (Phi) is 11.8. The molecule has 0 radical (unpaired) electrons. The molecule has 1 nitrogen and oxygen atoms in total. The van der Waals surface area contributed by atoms with Crippen LogP contribution in [0.5, 0.6) is 0 Å². The van der Waals surface area contributed by atoms with Crippen LogP contribution in [-0.4, -0.2) is 12.2 Å². The standard InChI is InChI=1S/C30H56O/c1-3-5-6-7-9-12-26-13-15-27(16-14-26)17-18-28-19-21-29(22-20-28)30(31-25-4-2)23-10-8-11-24-30/h26-29H,3-25H2,1-2H3/t26-,27-,28-,29-. The molecular weight excluding hydrogens is 376 g/mol. The molecule has 3 saturated carbocycles. The zero-order valence-corrected chi connectivity index (χ0v) is 21.5. The second kappa shape index (κ2) is 14.3. The first-order valence-corrected chi connectivity index (χ1v) is 14.9. The molecule has 182 valence electrons. The van der Waals surface area contributed by atoms with Crippen LogP contribution in [0.1, 0.15) is 155 Å². The fourth-order valence-electron chi connectivity index (χ4n) is 7.42. The Labute approximate surface area is 195 Å². The first kappa shape index (κ1) is 25.6. The minimum atomic E-state index is 0.272. The Bertz CT molecular complexity index is 435. The van der Waals surface area contributed by atoms with Gasteiger partial charge in [0.1, 0.15) is 0 Å². The quantitative estimate of drug-likeness (QED) is 0.263. The van der Waals surface area contributed by atoms with Gasteiger partial charge in [0.05, 0.1) is 5.60 Å². The van der Waals surface area contributed by atoms with Gasteiger partial charge >= 0.3 is 0 Å². The van der Waals surface area contributed by atoms with Crippen molar-refractivity contribution >= 4 is 0 Å². The molecule has 0 aliphatic heterocycles. The van der Waals surface area contributed by atoms with E-state index in [0.29, 0.717) is 0 Å². The lowest BCUT2D eigenvalue weighted by molar-refractivity contribution is -0.121. The van der Waals surface area contributed by atoms with Gasteiger partial charge in [0.15, 0.2) is 0 Å². The van der Waals surface area contributed by atoms with Crippen molar-refractivity contribution in [3.05, 3.63) is 0 Å². The second-order valence-electron chi connectivity index (χ2n) is 11.9. The summed E-state index contributed by atoms with van der Waals surface area (Å²) < 4.78 is 6.61. The number of rotatable bonds is 13. The lowest BCUT2D eigenvalue weighted by Gasteiger charge is -2.46. The molecule has 0 bridgehead atoms. The lowest BCUT2D eigenvalue weighted by atomic mass is 9.67. The van der Waals surface area contributed by atoms with Crippen molar-refractivity contribution in [3.63, 3.8) is 0 Å². The summed E-state index contributed by atoms with van der Waals surface area (Å²) in [6.07, 6.45) is 32.1. The number of hydrogen-bond acceptors (Lipinski definition) is 1. The van der Waals surface area contributed by atoms with Gasteiger partial charge < -0.3 is 4.74 Å². The fourth-order valence-corrected chi connectivity index (χ4v) is 7.42. The van der Waals surface area contributed by atoms with Crippen molar-refractivity contribution in [1.29, 1.82) is 0 Å². The Hall–Kier alpha value is -0.0400. The van der Waals surface area contributed by atoms with E-state index in [1.165, 1.54) is 116 Å². The third-order valence-electron chi connectivity index (χ3n) is 9.55. The van der Waals surface area contributed by atoms with Crippen molar-refractivity contribution < 1.29 is 4.74 Å². The monoisotopic (exact) mass is 432 g/mol. The van der Waals surface area contributed by atoms with E-state index in [-0.39, 0.29) is 5.60 Å². The van der Waals surface area contributed by atoms with Crippen LogP contribution in [0.15, 0.2) is 0 Å². The highest BCUT2D eigenvalue weighted by atomic mass is 16.5. The van der Waals surface area contributed by atoms with Gasteiger partial charge in [-0.2, -0.15) is 0 Å². The molecule has 1 heteroatoms. The highest BCUT2D eigenvalue weighted by molar-refractivity contribution is 4.93. The third-order valence-corrected chi connectivity index (χ3v) is 9.55. The molecule has 0 aromatic heterocycles. The lowest BCUT2D eigenvalue weighted by Crippen LogP contribution is -2.44. The normalized spacial score (nSPS) is 31.5. The van der Waals surface area contributed by atoms with Gasteiger partial charge in [-0.1, -0.05) is 123 Å². The summed E-state index contributed by atoms with van der Waals surface area (Å²) in [7, 11) is 0. The Morgan fingerprint density at radius 3 is 1.71 bits per heavy atom. The van der Waals surface area contributed by atoms with Crippen LogP contribution in [0.4, 0.5) is 0 Å². The molecule has 3 aliphatic rings. The van der Waals surface area contributed by atoms with Crippen molar-refractivity contribution in [1.82, 2.24) is 0 Å². The van der Waals surface area contributed by atoms with E-state index in [2.05, 4.69) is 13.8 Å². The van der Waals surface area contributed by atoms with E-state index in [1.807, 2.05) is 0 Å². The van der Waals surface area contributed by atoms with Crippen LogP contribution in [0.3, 0.4) is 0 Å². The predicted octanol–water partition coefficient (Wildman–Crippen LogP) is 9.87. The first-order chi connectivity index (χ1) is 15.3. The maximum atomic E-state index is 6.61. The summed E-state index contributed by atoms with van der Waals surface area (Å²) in [5.41, 5.74) is 0.272. The summed E-state index contributed by atoms with van der Waals surface area (Å²) in [6, 6.07) is 0. The smallest absolute Gasteiger partial charge is 0.0710 e. The molecule has 3 fully saturated rings. The second-order valence-corrected chi connectivity index (χ2v) is 11.9.